The highest BCUT2D eigenvalue weighted by Gasteiger charge is 2.24. The first-order chi connectivity index (χ1) is 17.5. The fourth-order valence-corrected chi connectivity index (χ4v) is 4.32. The van der Waals surface area contributed by atoms with E-state index in [-0.39, 0.29) is 17.4 Å². The van der Waals surface area contributed by atoms with Gasteiger partial charge in [0.15, 0.2) is 0 Å². The number of aromatic nitrogens is 3. The van der Waals surface area contributed by atoms with Crippen LogP contribution in [0.4, 0.5) is 0 Å². The van der Waals surface area contributed by atoms with E-state index in [2.05, 4.69) is 20.7 Å². The van der Waals surface area contributed by atoms with Gasteiger partial charge in [-0.25, -0.2) is 5.43 Å². The minimum atomic E-state index is -0.254. The molecule has 0 radical (unpaired) electrons. The number of methoxy groups -OCH3 is 1. The first kappa shape index (κ1) is 25.0. The van der Waals surface area contributed by atoms with Crippen molar-refractivity contribution in [1.82, 2.24) is 15.6 Å². The van der Waals surface area contributed by atoms with Crippen molar-refractivity contribution in [2.24, 2.45) is 5.10 Å². The third kappa shape index (κ3) is 5.92. The Kier molecular flexibility index (Phi) is 8.02. The third-order valence-electron chi connectivity index (χ3n) is 5.50. The highest BCUT2D eigenvalue weighted by molar-refractivity contribution is 7.99. The number of nitrogens with zero attached hydrogens (tertiary/aromatic N) is 3. The smallest absolute Gasteiger partial charge is 0.342 e. The molecule has 1 aromatic heterocycles. The Labute approximate surface area is 214 Å². The number of aryl methyl sites for hydroxylation is 1. The van der Waals surface area contributed by atoms with Crippen molar-refractivity contribution in [3.63, 3.8) is 0 Å². The molecule has 36 heavy (non-hydrogen) atoms. The lowest BCUT2D eigenvalue weighted by Crippen LogP contribution is -2.34. The number of hydrogen-bond acceptors (Lipinski definition) is 6. The molecule has 184 valence electrons. The van der Waals surface area contributed by atoms with Crippen LogP contribution in [0.15, 0.2) is 83.1 Å². The number of benzene rings is 3. The lowest BCUT2D eigenvalue weighted by molar-refractivity contribution is -0.625. The molecule has 0 saturated carbocycles. The van der Waals surface area contributed by atoms with E-state index in [0.717, 1.165) is 34.0 Å². The molecule has 3 aromatic carbocycles. The molecule has 4 aromatic rings. The van der Waals surface area contributed by atoms with Crippen molar-refractivity contribution in [3.05, 3.63) is 83.9 Å². The van der Waals surface area contributed by atoms with E-state index in [1.165, 1.54) is 23.9 Å². The van der Waals surface area contributed by atoms with Gasteiger partial charge in [-0.05, 0) is 67.1 Å². The Morgan fingerprint density at radius 2 is 1.78 bits per heavy atom. The van der Waals surface area contributed by atoms with Crippen LogP contribution in [-0.2, 0) is 4.79 Å². The zero-order valence-corrected chi connectivity index (χ0v) is 21.1. The lowest BCUT2D eigenvalue weighted by Gasteiger charge is -2.08. The minimum Gasteiger partial charge on any atom is -0.872 e. The van der Waals surface area contributed by atoms with Gasteiger partial charge in [0, 0.05) is 0 Å². The molecule has 0 atom stereocenters. The maximum absolute atomic E-state index is 12.6. The molecule has 2 N–H and O–H groups in total. The van der Waals surface area contributed by atoms with Gasteiger partial charge < -0.3 is 9.84 Å². The van der Waals surface area contributed by atoms with Gasteiger partial charge >= 0.3 is 5.16 Å². The number of hydrazone groups is 1. The first-order valence-electron chi connectivity index (χ1n) is 11.5. The van der Waals surface area contributed by atoms with E-state index < -0.39 is 0 Å². The number of ether oxygens (including phenoxy) is 1. The standard InChI is InChI=1S/C27H27N5O3S/c1-4-24(19-7-13-22(33)14-8-19)28-29-25(34)17-36-27-31-30-26(20-9-15-23(35-3)16-10-20)32(27)21-11-5-18(2)6-12-21/h5-16H,4,17H2,1-3H3,(H2,28,29,33,34). The molecule has 0 bridgehead atoms. The van der Waals surface area contributed by atoms with Crippen molar-refractivity contribution >= 4 is 23.4 Å². The molecule has 9 heteroatoms. The maximum atomic E-state index is 12.6. The van der Waals surface area contributed by atoms with Gasteiger partial charge in [-0.1, -0.05) is 48.9 Å². The fraction of sp³-hybridized carbons (Fsp3) is 0.185. The Morgan fingerprint density at radius 3 is 2.42 bits per heavy atom. The number of carbonyl (C=O) groups is 1. The topological polar surface area (TPSA) is 106 Å². The molecule has 0 aliphatic heterocycles. The van der Waals surface area contributed by atoms with Crippen LogP contribution in [0.25, 0.3) is 17.1 Å². The quantitative estimate of drug-likeness (QED) is 0.157. The summed E-state index contributed by atoms with van der Waals surface area (Å²) in [6, 6.07) is 22.2. The summed E-state index contributed by atoms with van der Waals surface area (Å²) in [5, 5.41) is 23.9. The van der Waals surface area contributed by atoms with E-state index in [0.29, 0.717) is 17.3 Å². The highest BCUT2D eigenvalue weighted by atomic mass is 32.2. The Morgan fingerprint density at radius 1 is 1.08 bits per heavy atom. The second kappa shape index (κ2) is 11.5. The number of carbonyl (C=O) groups excluding carboxylic acids is 1. The van der Waals surface area contributed by atoms with E-state index in [9.17, 15) is 9.90 Å². The predicted octanol–water partition coefficient (Wildman–Crippen LogP) is 3.77. The second-order valence-corrected chi connectivity index (χ2v) is 8.96. The molecule has 4 rings (SSSR count). The summed E-state index contributed by atoms with van der Waals surface area (Å²) in [6.07, 6.45) is 0.615. The third-order valence-corrected chi connectivity index (χ3v) is 6.44. The van der Waals surface area contributed by atoms with Crippen LogP contribution in [0.2, 0.25) is 0 Å². The van der Waals surface area contributed by atoms with Crippen LogP contribution in [-0.4, -0.2) is 34.7 Å². The first-order valence-corrected chi connectivity index (χ1v) is 12.4. The summed E-state index contributed by atoms with van der Waals surface area (Å²) in [7, 11) is 1.63. The Hall–Kier alpha value is -4.11. The van der Waals surface area contributed by atoms with Crippen LogP contribution < -0.4 is 19.8 Å². The van der Waals surface area contributed by atoms with Crippen LogP contribution >= 0.6 is 11.8 Å². The number of nitrogens with one attached hydrogen (secondary N) is 2. The average molecular weight is 502 g/mol. The maximum Gasteiger partial charge on any atom is 0.342 e. The summed E-state index contributed by atoms with van der Waals surface area (Å²) in [5.41, 5.74) is 7.14. The van der Waals surface area contributed by atoms with Crippen LogP contribution in [0, 0.1) is 6.92 Å². The number of hydrogen-bond donors (Lipinski definition) is 2. The summed E-state index contributed by atoms with van der Waals surface area (Å²) < 4.78 is 7.27. The van der Waals surface area contributed by atoms with Gasteiger partial charge in [0.25, 0.3) is 11.7 Å². The van der Waals surface area contributed by atoms with Crippen LogP contribution in [0.3, 0.4) is 0 Å². The molecule has 1 heterocycles. The van der Waals surface area contributed by atoms with Crippen LogP contribution in [0.1, 0.15) is 24.5 Å². The normalized spacial score (nSPS) is 11.4. The van der Waals surface area contributed by atoms with E-state index in [1.807, 2.05) is 66.9 Å². The van der Waals surface area contributed by atoms with Crippen LogP contribution in [0.5, 0.6) is 11.5 Å². The monoisotopic (exact) mass is 501 g/mol. The molecule has 0 aliphatic rings. The molecule has 8 nitrogen and oxygen atoms in total. The molecule has 0 unspecified atom stereocenters. The van der Waals surface area contributed by atoms with Gasteiger partial charge in [-0.3, -0.25) is 4.79 Å². The Bertz CT molecular complexity index is 1350. The van der Waals surface area contributed by atoms with Crippen molar-refractivity contribution < 1.29 is 19.2 Å². The summed E-state index contributed by atoms with van der Waals surface area (Å²) >= 11 is 1.31. The molecular formula is C27H27N5O3S. The summed E-state index contributed by atoms with van der Waals surface area (Å²) in [6.45, 7) is 3.98. The average Bonchev–Trinajstić information content (AvgIpc) is 3.33. The van der Waals surface area contributed by atoms with Crippen molar-refractivity contribution in [2.75, 3.05) is 12.9 Å². The number of thioether (sulfide) groups is 1. The van der Waals surface area contributed by atoms with Gasteiger partial charge in [0.1, 0.15) is 11.4 Å². The second-order valence-electron chi connectivity index (χ2n) is 8.01. The largest absolute Gasteiger partial charge is 0.872 e. The zero-order chi connectivity index (χ0) is 25.5. The number of H-pyrrole nitrogens is 1. The molecule has 1 amide bonds. The summed E-state index contributed by atoms with van der Waals surface area (Å²) in [4.78, 5) is 12.6. The van der Waals surface area contributed by atoms with Gasteiger partial charge in [0.05, 0.1) is 29.2 Å². The van der Waals surface area contributed by atoms with Gasteiger partial charge in [-0.15, -0.1) is 10.8 Å². The molecular weight excluding hydrogens is 474 g/mol. The zero-order valence-electron chi connectivity index (χ0n) is 20.3. The van der Waals surface area contributed by atoms with Crippen molar-refractivity contribution in [2.45, 2.75) is 25.4 Å². The lowest BCUT2D eigenvalue weighted by atomic mass is 10.1. The number of amides is 1. The van der Waals surface area contributed by atoms with Crippen molar-refractivity contribution in [3.8, 4) is 28.6 Å². The summed E-state index contributed by atoms with van der Waals surface area (Å²) in [5.74, 6) is 1.36. The van der Waals surface area contributed by atoms with Gasteiger partial charge in [-0.2, -0.15) is 9.67 Å². The van der Waals surface area contributed by atoms with Gasteiger partial charge in [0.2, 0.25) is 0 Å². The highest BCUT2D eigenvalue weighted by Crippen LogP contribution is 2.23. The number of rotatable bonds is 9. The van der Waals surface area contributed by atoms with Crippen molar-refractivity contribution in [1.29, 1.82) is 0 Å². The van der Waals surface area contributed by atoms with E-state index >= 15 is 0 Å². The number of aromatic amines is 1. The Balaban J connectivity index is 1.54. The van der Waals surface area contributed by atoms with E-state index in [1.54, 1.807) is 19.2 Å². The van der Waals surface area contributed by atoms with E-state index in [4.69, 9.17) is 4.74 Å². The molecule has 0 fully saturated rings. The predicted molar refractivity (Wildman–Crippen MR) is 138 cm³/mol. The molecule has 0 aliphatic carbocycles. The SMILES string of the molecule is CC/C(=N/NC(=O)CSc1n[nH]c(-c2ccc(OC)cc2)[n+]1-c1ccc(C)cc1)c1ccc([O-])cc1. The minimum absolute atomic E-state index is 0.0652. The molecule has 0 saturated heterocycles. The fourth-order valence-electron chi connectivity index (χ4n) is 3.56. The molecule has 0 spiro atoms.